The van der Waals surface area contributed by atoms with E-state index in [1.54, 1.807) is 0 Å². The maximum Gasteiger partial charge on any atom is 0.222 e. The largest absolute Gasteiger partial charge is 0.368 e. The van der Waals surface area contributed by atoms with Gasteiger partial charge in [-0.05, 0) is 13.8 Å². The summed E-state index contributed by atoms with van der Waals surface area (Å²) in [4.78, 5) is 13.5. The molecule has 0 aromatic carbocycles. The van der Waals surface area contributed by atoms with Crippen LogP contribution in [0, 0.1) is 0 Å². The van der Waals surface area contributed by atoms with E-state index in [0.717, 1.165) is 5.33 Å². The molecule has 0 spiro atoms. The minimum Gasteiger partial charge on any atom is -0.368 e. The lowest BCUT2D eigenvalue weighted by Gasteiger charge is -2.42. The zero-order valence-corrected chi connectivity index (χ0v) is 10.6. The first kappa shape index (κ1) is 12.0. The minimum absolute atomic E-state index is 0.120. The normalized spacial score (nSPS) is 26.3. The Balaban J connectivity index is 2.65. The van der Waals surface area contributed by atoms with Crippen LogP contribution in [-0.4, -0.2) is 40.9 Å². The smallest absolute Gasteiger partial charge is 0.222 e. The van der Waals surface area contributed by atoms with Crippen molar-refractivity contribution in [1.82, 2.24) is 4.90 Å². The molecular formula is C10H18BrNO2. The molecule has 1 aliphatic heterocycles. The van der Waals surface area contributed by atoms with Crippen LogP contribution in [0.5, 0.6) is 0 Å². The number of alkyl halides is 1. The molecule has 0 radical (unpaired) electrons. The Morgan fingerprint density at radius 3 is 2.79 bits per heavy atom. The summed E-state index contributed by atoms with van der Waals surface area (Å²) in [5.41, 5.74) is -0.221. The third kappa shape index (κ3) is 2.95. The van der Waals surface area contributed by atoms with E-state index in [9.17, 15) is 4.79 Å². The molecule has 1 saturated heterocycles. The fourth-order valence-corrected chi connectivity index (χ4v) is 2.13. The van der Waals surface area contributed by atoms with E-state index in [0.29, 0.717) is 19.5 Å². The van der Waals surface area contributed by atoms with Gasteiger partial charge in [0.25, 0.3) is 0 Å². The monoisotopic (exact) mass is 263 g/mol. The molecule has 3 nitrogen and oxygen atoms in total. The molecule has 0 saturated carbocycles. The Bertz CT molecular complexity index is 218. The number of carbonyl (C=O) groups excluding carboxylic acids is 1. The van der Waals surface area contributed by atoms with Gasteiger partial charge in [-0.1, -0.05) is 22.9 Å². The average Bonchev–Trinajstić information content (AvgIpc) is 2.14. The Kier molecular flexibility index (Phi) is 3.95. The highest BCUT2D eigenvalue weighted by molar-refractivity contribution is 9.09. The maximum absolute atomic E-state index is 11.6. The van der Waals surface area contributed by atoms with Gasteiger partial charge in [0.05, 0.1) is 11.7 Å². The summed E-state index contributed by atoms with van der Waals surface area (Å²) >= 11 is 3.40. The van der Waals surface area contributed by atoms with Gasteiger partial charge in [-0.15, -0.1) is 0 Å². The van der Waals surface area contributed by atoms with Crippen LogP contribution in [0.2, 0.25) is 0 Å². The lowest BCUT2D eigenvalue weighted by atomic mass is 10.1. The zero-order chi connectivity index (χ0) is 10.8. The van der Waals surface area contributed by atoms with Gasteiger partial charge in [-0.2, -0.15) is 0 Å². The molecule has 1 atom stereocenters. The van der Waals surface area contributed by atoms with E-state index >= 15 is 0 Å². The summed E-state index contributed by atoms with van der Waals surface area (Å²) < 4.78 is 5.81. The second-order valence-electron chi connectivity index (χ2n) is 4.28. The Hall–Kier alpha value is -0.0900. The molecule has 0 bridgehead atoms. The van der Waals surface area contributed by atoms with Crippen molar-refractivity contribution in [2.24, 2.45) is 0 Å². The number of rotatable bonds is 2. The van der Waals surface area contributed by atoms with Crippen LogP contribution in [-0.2, 0) is 9.53 Å². The molecular weight excluding hydrogens is 246 g/mol. The summed E-state index contributed by atoms with van der Waals surface area (Å²) in [5.74, 6) is 0.215. The lowest BCUT2D eigenvalue weighted by Crippen LogP contribution is -2.55. The van der Waals surface area contributed by atoms with Crippen molar-refractivity contribution >= 4 is 21.8 Å². The van der Waals surface area contributed by atoms with Crippen molar-refractivity contribution in [3.05, 3.63) is 0 Å². The molecule has 0 aliphatic carbocycles. The predicted octanol–water partition coefficient (Wildman–Crippen LogP) is 1.80. The number of hydrogen-bond donors (Lipinski definition) is 0. The fourth-order valence-electron chi connectivity index (χ4n) is 1.79. The molecule has 4 heteroatoms. The number of morpholine rings is 1. The second kappa shape index (κ2) is 4.62. The molecule has 0 aromatic heterocycles. The van der Waals surface area contributed by atoms with E-state index in [1.807, 2.05) is 25.7 Å². The Morgan fingerprint density at radius 2 is 2.29 bits per heavy atom. The van der Waals surface area contributed by atoms with E-state index in [1.165, 1.54) is 0 Å². The van der Waals surface area contributed by atoms with Gasteiger partial charge in [0.15, 0.2) is 0 Å². The highest BCUT2D eigenvalue weighted by atomic mass is 79.9. The number of halogens is 1. The van der Waals surface area contributed by atoms with Crippen LogP contribution in [0.3, 0.4) is 0 Å². The van der Waals surface area contributed by atoms with Crippen LogP contribution in [0.4, 0.5) is 0 Å². The first-order valence-electron chi connectivity index (χ1n) is 5.00. The van der Waals surface area contributed by atoms with Crippen molar-refractivity contribution in [3.63, 3.8) is 0 Å². The van der Waals surface area contributed by atoms with Gasteiger partial charge in [0.2, 0.25) is 5.91 Å². The van der Waals surface area contributed by atoms with Crippen LogP contribution < -0.4 is 0 Å². The standard InChI is InChI=1S/C10H18BrNO2/c1-4-9(13)12-6-8(5-11)14-10(2,3)7-12/h8H,4-7H2,1-3H3. The van der Waals surface area contributed by atoms with Crippen LogP contribution in [0.25, 0.3) is 0 Å². The molecule has 1 unspecified atom stereocenters. The van der Waals surface area contributed by atoms with Crippen molar-refractivity contribution in [3.8, 4) is 0 Å². The highest BCUT2D eigenvalue weighted by Gasteiger charge is 2.34. The predicted molar refractivity (Wildman–Crippen MR) is 59.6 cm³/mol. The molecule has 82 valence electrons. The third-order valence-electron chi connectivity index (χ3n) is 2.31. The van der Waals surface area contributed by atoms with Crippen molar-refractivity contribution < 1.29 is 9.53 Å². The van der Waals surface area contributed by atoms with Gasteiger partial charge < -0.3 is 9.64 Å². The summed E-state index contributed by atoms with van der Waals surface area (Å²) in [7, 11) is 0. The molecule has 1 amide bonds. The third-order valence-corrected chi connectivity index (χ3v) is 3.03. The van der Waals surface area contributed by atoms with Crippen LogP contribution in [0.1, 0.15) is 27.2 Å². The van der Waals surface area contributed by atoms with Crippen molar-refractivity contribution in [2.75, 3.05) is 18.4 Å². The number of amides is 1. The van der Waals surface area contributed by atoms with Gasteiger partial charge in [0, 0.05) is 24.8 Å². The molecule has 1 aliphatic rings. The number of hydrogen-bond acceptors (Lipinski definition) is 2. The highest BCUT2D eigenvalue weighted by Crippen LogP contribution is 2.22. The average molecular weight is 264 g/mol. The van der Waals surface area contributed by atoms with E-state index < -0.39 is 0 Å². The first-order chi connectivity index (χ1) is 6.48. The maximum atomic E-state index is 11.6. The molecule has 0 aromatic rings. The topological polar surface area (TPSA) is 29.5 Å². The van der Waals surface area contributed by atoms with Gasteiger partial charge in [0.1, 0.15) is 0 Å². The molecule has 1 heterocycles. The summed E-state index contributed by atoms with van der Waals surface area (Å²) in [6, 6.07) is 0. The quantitative estimate of drug-likeness (QED) is 0.712. The van der Waals surface area contributed by atoms with Crippen LogP contribution in [0.15, 0.2) is 0 Å². The SMILES string of the molecule is CCC(=O)N1CC(CBr)OC(C)(C)C1. The number of ether oxygens (including phenoxy) is 1. The number of nitrogens with zero attached hydrogens (tertiary/aromatic N) is 1. The second-order valence-corrected chi connectivity index (χ2v) is 4.93. The summed E-state index contributed by atoms with van der Waals surface area (Å²) in [6.45, 7) is 7.36. The Labute approximate surface area is 93.9 Å². The van der Waals surface area contributed by atoms with Gasteiger partial charge >= 0.3 is 0 Å². The minimum atomic E-state index is -0.221. The number of carbonyl (C=O) groups is 1. The zero-order valence-electron chi connectivity index (χ0n) is 9.05. The summed E-state index contributed by atoms with van der Waals surface area (Å²) in [5, 5.41) is 0.782. The van der Waals surface area contributed by atoms with E-state index in [-0.39, 0.29) is 17.6 Å². The molecule has 1 fully saturated rings. The lowest BCUT2D eigenvalue weighted by molar-refractivity contribution is -0.156. The first-order valence-corrected chi connectivity index (χ1v) is 6.12. The molecule has 1 rings (SSSR count). The van der Waals surface area contributed by atoms with Crippen molar-refractivity contribution in [1.29, 1.82) is 0 Å². The van der Waals surface area contributed by atoms with Crippen LogP contribution >= 0.6 is 15.9 Å². The molecule has 0 N–H and O–H groups in total. The van der Waals surface area contributed by atoms with Crippen molar-refractivity contribution in [2.45, 2.75) is 38.9 Å². The van der Waals surface area contributed by atoms with E-state index in [2.05, 4.69) is 15.9 Å². The van der Waals surface area contributed by atoms with E-state index in [4.69, 9.17) is 4.74 Å². The fraction of sp³-hybridized carbons (Fsp3) is 0.900. The Morgan fingerprint density at radius 1 is 1.64 bits per heavy atom. The van der Waals surface area contributed by atoms with Gasteiger partial charge in [-0.3, -0.25) is 4.79 Å². The molecule has 14 heavy (non-hydrogen) atoms. The summed E-state index contributed by atoms with van der Waals surface area (Å²) in [6.07, 6.45) is 0.694. The van der Waals surface area contributed by atoms with Gasteiger partial charge in [-0.25, -0.2) is 0 Å².